The van der Waals surface area contributed by atoms with Crippen molar-refractivity contribution in [3.05, 3.63) is 122 Å². The first-order chi connectivity index (χ1) is 13.7. The van der Waals surface area contributed by atoms with Crippen LogP contribution in [0.15, 0.2) is 88.9 Å². The van der Waals surface area contributed by atoms with Gasteiger partial charge in [0.15, 0.2) is 0 Å². The molecule has 0 atom stereocenters. The van der Waals surface area contributed by atoms with Crippen molar-refractivity contribution in [2.45, 2.75) is 32.1 Å². The Labute approximate surface area is 175 Å². The molecule has 0 aromatic heterocycles. The topological polar surface area (TPSA) is 0 Å². The molecule has 0 fully saturated rings. The minimum absolute atomic E-state index is 0.251. The van der Waals surface area contributed by atoms with E-state index in [0.29, 0.717) is 0 Å². The SMILES string of the molecule is C/C=C\C1=C(C)c2ccc(Br)cc2C12c1ccccc1CCc1ccccc12. The molecule has 0 unspecified atom stereocenters. The van der Waals surface area contributed by atoms with E-state index in [9.17, 15) is 0 Å². The quantitative estimate of drug-likeness (QED) is 0.384. The Morgan fingerprint density at radius 3 is 2.04 bits per heavy atom. The summed E-state index contributed by atoms with van der Waals surface area (Å²) in [6, 6.07) is 24.9. The van der Waals surface area contributed by atoms with Gasteiger partial charge in [-0.25, -0.2) is 0 Å². The average Bonchev–Trinajstić information content (AvgIpc) is 2.86. The minimum atomic E-state index is -0.251. The van der Waals surface area contributed by atoms with Gasteiger partial charge < -0.3 is 0 Å². The van der Waals surface area contributed by atoms with Crippen LogP contribution < -0.4 is 0 Å². The van der Waals surface area contributed by atoms with Gasteiger partial charge in [-0.05, 0) is 83.3 Å². The van der Waals surface area contributed by atoms with Crippen LogP contribution in [0.2, 0.25) is 0 Å². The predicted octanol–water partition coefficient (Wildman–Crippen LogP) is 7.25. The molecule has 0 saturated carbocycles. The van der Waals surface area contributed by atoms with Crippen molar-refractivity contribution in [3.8, 4) is 0 Å². The Bertz CT molecular complexity index is 1100. The van der Waals surface area contributed by atoms with E-state index >= 15 is 0 Å². The second-order valence-corrected chi connectivity index (χ2v) is 8.71. The van der Waals surface area contributed by atoms with Crippen molar-refractivity contribution in [3.63, 3.8) is 0 Å². The summed E-state index contributed by atoms with van der Waals surface area (Å²) in [7, 11) is 0. The van der Waals surface area contributed by atoms with Crippen molar-refractivity contribution in [2.75, 3.05) is 0 Å². The summed E-state index contributed by atoms with van der Waals surface area (Å²) in [6.45, 7) is 4.41. The zero-order chi connectivity index (χ0) is 19.3. The standard InChI is InChI=1S/C27H23Br/c1-3-8-23-18(2)22-16-15-21(28)17-26(22)27(23)24-11-6-4-9-19(24)13-14-20-10-5-7-12-25(20)27/h3-12,15-17H,13-14H2,1-2H3/b8-3-. The van der Waals surface area contributed by atoms with E-state index < -0.39 is 0 Å². The minimum Gasteiger partial charge on any atom is -0.0873 e. The molecular weight excluding hydrogens is 404 g/mol. The third-order valence-electron chi connectivity index (χ3n) is 6.44. The molecule has 0 saturated heterocycles. The highest BCUT2D eigenvalue weighted by molar-refractivity contribution is 9.10. The van der Waals surface area contributed by atoms with Crippen molar-refractivity contribution in [2.24, 2.45) is 0 Å². The van der Waals surface area contributed by atoms with Gasteiger partial charge in [0.05, 0.1) is 5.41 Å². The van der Waals surface area contributed by atoms with Crippen LogP contribution >= 0.6 is 15.9 Å². The molecule has 0 nitrogen and oxygen atoms in total. The fourth-order valence-electron chi connectivity index (χ4n) is 5.34. The third kappa shape index (κ3) is 2.29. The number of aryl methyl sites for hydroxylation is 2. The second kappa shape index (κ2) is 6.60. The van der Waals surface area contributed by atoms with Gasteiger partial charge in [-0.15, -0.1) is 0 Å². The summed E-state index contributed by atoms with van der Waals surface area (Å²) in [5.41, 5.74) is 11.1. The monoisotopic (exact) mass is 426 g/mol. The molecule has 0 amide bonds. The molecule has 28 heavy (non-hydrogen) atoms. The predicted molar refractivity (Wildman–Crippen MR) is 122 cm³/mol. The average molecular weight is 427 g/mol. The highest BCUT2D eigenvalue weighted by Gasteiger charge is 2.48. The Balaban J connectivity index is 2.02. The first-order valence-electron chi connectivity index (χ1n) is 9.99. The summed E-state index contributed by atoms with van der Waals surface area (Å²) >= 11 is 3.76. The Morgan fingerprint density at radius 1 is 0.821 bits per heavy atom. The molecule has 1 heteroatoms. The highest BCUT2D eigenvalue weighted by Crippen LogP contribution is 2.57. The van der Waals surface area contributed by atoms with Crippen molar-refractivity contribution in [1.82, 2.24) is 0 Å². The van der Waals surface area contributed by atoms with Crippen LogP contribution in [0.4, 0.5) is 0 Å². The molecule has 5 rings (SSSR count). The van der Waals surface area contributed by atoms with Gasteiger partial charge >= 0.3 is 0 Å². The summed E-state index contributed by atoms with van der Waals surface area (Å²) in [5.74, 6) is 0. The number of hydrogen-bond acceptors (Lipinski definition) is 0. The van der Waals surface area contributed by atoms with Crippen LogP contribution in [0, 0.1) is 0 Å². The van der Waals surface area contributed by atoms with E-state index in [1.807, 2.05) is 0 Å². The fraction of sp³-hybridized carbons (Fsp3) is 0.185. The van der Waals surface area contributed by atoms with E-state index in [4.69, 9.17) is 0 Å². The van der Waals surface area contributed by atoms with Gasteiger partial charge in [0.2, 0.25) is 0 Å². The van der Waals surface area contributed by atoms with E-state index in [1.54, 1.807) is 0 Å². The molecule has 3 aromatic rings. The fourth-order valence-corrected chi connectivity index (χ4v) is 5.71. The van der Waals surface area contributed by atoms with Crippen LogP contribution in [0.1, 0.15) is 47.2 Å². The first kappa shape index (κ1) is 17.7. The number of benzene rings is 3. The van der Waals surface area contributed by atoms with Crippen LogP contribution in [0.3, 0.4) is 0 Å². The molecular formula is C27H23Br. The van der Waals surface area contributed by atoms with Crippen LogP contribution in [-0.2, 0) is 18.3 Å². The number of allylic oxidation sites excluding steroid dienone is 4. The zero-order valence-corrected chi connectivity index (χ0v) is 17.9. The lowest BCUT2D eigenvalue weighted by Crippen LogP contribution is -2.30. The summed E-state index contributed by atoms with van der Waals surface area (Å²) < 4.78 is 1.14. The molecule has 138 valence electrons. The summed E-state index contributed by atoms with van der Waals surface area (Å²) in [5, 5.41) is 0. The summed E-state index contributed by atoms with van der Waals surface area (Å²) in [4.78, 5) is 0. The largest absolute Gasteiger partial charge is 0.0873 e. The van der Waals surface area contributed by atoms with Gasteiger partial charge in [0.1, 0.15) is 0 Å². The molecule has 0 bridgehead atoms. The lowest BCUT2D eigenvalue weighted by Gasteiger charge is -2.36. The first-order valence-corrected chi connectivity index (χ1v) is 10.8. The maximum atomic E-state index is 3.76. The lowest BCUT2D eigenvalue weighted by molar-refractivity contribution is 0.754. The third-order valence-corrected chi connectivity index (χ3v) is 6.93. The maximum absolute atomic E-state index is 3.76. The van der Waals surface area contributed by atoms with Gasteiger partial charge in [-0.1, -0.05) is 82.7 Å². The molecule has 0 radical (unpaired) electrons. The van der Waals surface area contributed by atoms with Gasteiger partial charge in [-0.2, -0.15) is 0 Å². The second-order valence-electron chi connectivity index (χ2n) is 7.79. The molecule has 2 aliphatic carbocycles. The molecule has 0 aliphatic heterocycles. The van der Waals surface area contributed by atoms with E-state index in [2.05, 4.69) is 109 Å². The number of rotatable bonds is 1. The Morgan fingerprint density at radius 2 is 1.43 bits per heavy atom. The Hall–Kier alpha value is -2.38. The van der Waals surface area contributed by atoms with Crippen LogP contribution in [0.25, 0.3) is 5.57 Å². The van der Waals surface area contributed by atoms with Crippen molar-refractivity contribution < 1.29 is 0 Å². The van der Waals surface area contributed by atoms with Crippen LogP contribution in [0.5, 0.6) is 0 Å². The maximum Gasteiger partial charge on any atom is 0.0715 e. The summed E-state index contributed by atoms with van der Waals surface area (Å²) in [6.07, 6.45) is 6.70. The lowest BCUT2D eigenvalue weighted by atomic mass is 9.65. The molecule has 0 heterocycles. The van der Waals surface area contributed by atoms with E-state index in [1.165, 1.54) is 44.5 Å². The number of hydrogen-bond donors (Lipinski definition) is 0. The number of halogens is 1. The molecule has 0 N–H and O–H groups in total. The molecule has 1 spiro atoms. The van der Waals surface area contributed by atoms with E-state index in [-0.39, 0.29) is 5.41 Å². The normalized spacial score (nSPS) is 16.8. The zero-order valence-electron chi connectivity index (χ0n) is 16.3. The van der Waals surface area contributed by atoms with E-state index in [0.717, 1.165) is 17.3 Å². The van der Waals surface area contributed by atoms with Crippen LogP contribution in [-0.4, -0.2) is 0 Å². The van der Waals surface area contributed by atoms with Gasteiger partial charge in [0, 0.05) is 4.47 Å². The molecule has 2 aliphatic rings. The number of fused-ring (bicyclic) bond motifs is 6. The molecule has 3 aromatic carbocycles. The highest BCUT2D eigenvalue weighted by atomic mass is 79.9. The van der Waals surface area contributed by atoms with Gasteiger partial charge in [-0.3, -0.25) is 0 Å². The van der Waals surface area contributed by atoms with Crippen molar-refractivity contribution in [1.29, 1.82) is 0 Å². The smallest absolute Gasteiger partial charge is 0.0715 e. The Kier molecular flexibility index (Phi) is 4.17. The van der Waals surface area contributed by atoms with Crippen molar-refractivity contribution >= 4 is 21.5 Å². The van der Waals surface area contributed by atoms with Gasteiger partial charge in [0.25, 0.3) is 0 Å².